The minimum Gasteiger partial charge on any atom is -0.506 e. The second kappa shape index (κ2) is 4.78. The molecule has 0 unspecified atom stereocenters. The summed E-state index contributed by atoms with van der Waals surface area (Å²) in [7, 11) is 0. The molecule has 0 amide bonds. The zero-order valence-corrected chi connectivity index (χ0v) is 7.33. The molecule has 0 atom stereocenters. The maximum Gasteiger partial charge on any atom is 0.134 e. The fourth-order valence-electron chi connectivity index (χ4n) is 0.819. The Kier molecular flexibility index (Phi) is 3.61. The largest absolute Gasteiger partial charge is 0.506 e. The lowest BCUT2D eigenvalue weighted by atomic mass is 10.2. The maximum atomic E-state index is 9.05. The first-order valence-corrected chi connectivity index (χ1v) is 4.23. The van der Waals surface area contributed by atoms with Gasteiger partial charge in [0.2, 0.25) is 0 Å². The zero-order valence-electron chi connectivity index (χ0n) is 6.57. The van der Waals surface area contributed by atoms with Crippen molar-refractivity contribution in [1.82, 2.24) is 4.98 Å². The summed E-state index contributed by atoms with van der Waals surface area (Å²) in [4.78, 5) is 3.83. The van der Waals surface area contributed by atoms with Gasteiger partial charge >= 0.3 is 0 Å². The third-order valence-corrected chi connectivity index (χ3v) is 1.55. The Balaban J connectivity index is 2.63. The number of rotatable bonds is 3. The number of pyridine rings is 1. The molecule has 0 radical (unpaired) electrons. The molecule has 0 saturated carbocycles. The van der Waals surface area contributed by atoms with E-state index < -0.39 is 0 Å². The summed E-state index contributed by atoms with van der Waals surface area (Å²) in [5, 5.41) is 9.05. The van der Waals surface area contributed by atoms with Crippen molar-refractivity contribution in [3.8, 4) is 5.75 Å². The maximum absolute atomic E-state index is 9.05. The predicted octanol–water partition coefficient (Wildman–Crippen LogP) is 2.43. The number of allylic oxidation sites excluding steroid dienone is 1. The number of aromatic hydroxyl groups is 1. The average Bonchev–Trinajstić information content (AvgIpc) is 2.05. The van der Waals surface area contributed by atoms with Crippen LogP contribution in [0.5, 0.6) is 5.75 Å². The minimum absolute atomic E-state index is 0.183. The van der Waals surface area contributed by atoms with Crippen LogP contribution in [0.1, 0.15) is 12.0 Å². The van der Waals surface area contributed by atoms with Crippen LogP contribution < -0.4 is 0 Å². The molecule has 12 heavy (non-hydrogen) atoms. The molecular formula is C9H10ClNO. The number of nitrogens with zero attached hydrogens (tertiary/aromatic N) is 1. The van der Waals surface area contributed by atoms with Crippen LogP contribution in [-0.4, -0.2) is 16.0 Å². The smallest absolute Gasteiger partial charge is 0.134 e. The molecule has 2 nitrogen and oxygen atoms in total. The van der Waals surface area contributed by atoms with Crippen LogP contribution in [0.25, 0.3) is 6.08 Å². The Morgan fingerprint density at radius 2 is 2.33 bits per heavy atom. The lowest BCUT2D eigenvalue weighted by molar-refractivity contribution is 0.472. The highest BCUT2D eigenvalue weighted by Gasteiger charge is 1.88. The Hall–Kier alpha value is -1.02. The molecule has 0 saturated heterocycles. The van der Waals surface area contributed by atoms with Crippen molar-refractivity contribution < 1.29 is 5.11 Å². The first kappa shape index (κ1) is 9.07. The molecule has 1 aromatic heterocycles. The molecule has 0 spiro atoms. The van der Waals surface area contributed by atoms with Crippen LogP contribution >= 0.6 is 11.6 Å². The van der Waals surface area contributed by atoms with Gasteiger partial charge in [0, 0.05) is 12.1 Å². The molecule has 3 heteroatoms. The van der Waals surface area contributed by atoms with E-state index in [1.165, 1.54) is 6.20 Å². The van der Waals surface area contributed by atoms with Crippen molar-refractivity contribution in [2.75, 3.05) is 5.88 Å². The highest BCUT2D eigenvalue weighted by atomic mass is 35.5. The second-order valence-electron chi connectivity index (χ2n) is 2.36. The van der Waals surface area contributed by atoms with Crippen molar-refractivity contribution in [2.24, 2.45) is 0 Å². The molecule has 1 rings (SSSR count). The van der Waals surface area contributed by atoms with E-state index >= 15 is 0 Å². The lowest BCUT2D eigenvalue weighted by Crippen LogP contribution is -1.75. The van der Waals surface area contributed by atoms with Crippen molar-refractivity contribution >= 4 is 17.7 Å². The molecule has 0 aliphatic heterocycles. The molecule has 0 aliphatic carbocycles. The van der Waals surface area contributed by atoms with Crippen LogP contribution in [0, 0.1) is 0 Å². The van der Waals surface area contributed by atoms with Gasteiger partial charge in [-0.2, -0.15) is 0 Å². The average molecular weight is 184 g/mol. The molecule has 0 aromatic carbocycles. The van der Waals surface area contributed by atoms with Gasteiger partial charge in [-0.05, 0) is 18.1 Å². The fourth-order valence-corrected chi connectivity index (χ4v) is 0.945. The highest BCUT2D eigenvalue weighted by Crippen LogP contribution is 2.09. The van der Waals surface area contributed by atoms with Gasteiger partial charge < -0.3 is 5.11 Å². The van der Waals surface area contributed by atoms with Gasteiger partial charge in [0.05, 0.1) is 6.20 Å². The van der Waals surface area contributed by atoms with E-state index in [1.807, 2.05) is 12.2 Å². The van der Waals surface area contributed by atoms with E-state index in [1.54, 1.807) is 12.3 Å². The van der Waals surface area contributed by atoms with Gasteiger partial charge in [0.1, 0.15) is 5.75 Å². The molecule has 1 aromatic rings. The third-order valence-electron chi connectivity index (χ3n) is 1.33. The Bertz CT molecular complexity index is 273. The van der Waals surface area contributed by atoms with E-state index in [9.17, 15) is 0 Å². The van der Waals surface area contributed by atoms with Crippen LogP contribution in [-0.2, 0) is 0 Å². The van der Waals surface area contributed by atoms with Crippen molar-refractivity contribution in [3.05, 3.63) is 30.1 Å². The van der Waals surface area contributed by atoms with E-state index in [0.29, 0.717) is 5.88 Å². The quantitative estimate of drug-likeness (QED) is 0.731. The Morgan fingerprint density at radius 3 is 3.00 bits per heavy atom. The normalized spacial score (nSPS) is 10.8. The summed E-state index contributed by atoms with van der Waals surface area (Å²) in [6.07, 6.45) is 7.75. The van der Waals surface area contributed by atoms with E-state index in [4.69, 9.17) is 16.7 Å². The minimum atomic E-state index is 0.183. The summed E-state index contributed by atoms with van der Waals surface area (Å²) < 4.78 is 0. The summed E-state index contributed by atoms with van der Waals surface area (Å²) in [6.45, 7) is 0. The summed E-state index contributed by atoms with van der Waals surface area (Å²) >= 11 is 5.48. The summed E-state index contributed by atoms with van der Waals surface area (Å²) in [6, 6.07) is 1.65. The highest BCUT2D eigenvalue weighted by molar-refractivity contribution is 6.17. The molecule has 0 bridgehead atoms. The van der Waals surface area contributed by atoms with Crippen molar-refractivity contribution in [1.29, 1.82) is 0 Å². The van der Waals surface area contributed by atoms with E-state index in [-0.39, 0.29) is 5.75 Å². The van der Waals surface area contributed by atoms with Crippen molar-refractivity contribution in [2.45, 2.75) is 6.42 Å². The Morgan fingerprint density at radius 1 is 1.50 bits per heavy atom. The number of halogens is 1. The number of aromatic nitrogens is 1. The fraction of sp³-hybridized carbons (Fsp3) is 0.222. The summed E-state index contributed by atoms with van der Waals surface area (Å²) in [5.74, 6) is 0.797. The number of hydrogen-bond acceptors (Lipinski definition) is 2. The number of alkyl halides is 1. The van der Waals surface area contributed by atoms with Gasteiger partial charge in [-0.15, -0.1) is 11.6 Å². The molecule has 0 fully saturated rings. The van der Waals surface area contributed by atoms with E-state index in [2.05, 4.69) is 4.98 Å². The van der Waals surface area contributed by atoms with Crippen LogP contribution in [0.3, 0.4) is 0 Å². The standard InChI is InChI=1S/C9H10ClNO/c10-4-2-1-3-8-5-9(12)7-11-6-8/h1,3,5-7,12H,2,4H2. The first-order chi connectivity index (χ1) is 5.83. The predicted molar refractivity (Wildman–Crippen MR) is 50.3 cm³/mol. The van der Waals surface area contributed by atoms with Gasteiger partial charge in [-0.25, -0.2) is 0 Å². The molecule has 0 aliphatic rings. The monoisotopic (exact) mass is 183 g/mol. The summed E-state index contributed by atoms with van der Waals surface area (Å²) in [5.41, 5.74) is 0.889. The number of hydrogen-bond donors (Lipinski definition) is 1. The molecule has 1 N–H and O–H groups in total. The third kappa shape index (κ3) is 2.93. The van der Waals surface area contributed by atoms with Gasteiger partial charge in [0.25, 0.3) is 0 Å². The molecule has 64 valence electrons. The van der Waals surface area contributed by atoms with Gasteiger partial charge in [0.15, 0.2) is 0 Å². The Labute approximate surface area is 76.5 Å². The zero-order chi connectivity index (χ0) is 8.81. The van der Waals surface area contributed by atoms with Gasteiger partial charge in [-0.1, -0.05) is 12.2 Å². The molecular weight excluding hydrogens is 174 g/mol. The first-order valence-electron chi connectivity index (χ1n) is 3.69. The van der Waals surface area contributed by atoms with E-state index in [0.717, 1.165) is 12.0 Å². The van der Waals surface area contributed by atoms with Crippen molar-refractivity contribution in [3.63, 3.8) is 0 Å². The van der Waals surface area contributed by atoms with Crippen LogP contribution in [0.15, 0.2) is 24.5 Å². The second-order valence-corrected chi connectivity index (χ2v) is 2.73. The van der Waals surface area contributed by atoms with Crippen LogP contribution in [0.2, 0.25) is 0 Å². The lowest BCUT2D eigenvalue weighted by Gasteiger charge is -1.92. The molecule has 1 heterocycles. The SMILES string of the molecule is Oc1cncc(C=CCCCl)c1. The van der Waals surface area contributed by atoms with Crippen LogP contribution in [0.4, 0.5) is 0 Å². The van der Waals surface area contributed by atoms with Gasteiger partial charge in [-0.3, -0.25) is 4.98 Å². The topological polar surface area (TPSA) is 33.1 Å².